The van der Waals surface area contributed by atoms with Gasteiger partial charge in [-0.25, -0.2) is 0 Å². The average molecular weight is 295 g/mol. The van der Waals surface area contributed by atoms with Crippen LogP contribution < -0.4 is 0 Å². The summed E-state index contributed by atoms with van der Waals surface area (Å²) < 4.78 is 0. The number of carbonyl (C=O) groups is 1. The van der Waals surface area contributed by atoms with Crippen LogP contribution in [0.2, 0.25) is 0 Å². The first kappa shape index (κ1) is 14.7. The number of thioether (sulfide) groups is 1. The third kappa shape index (κ3) is 3.35. The van der Waals surface area contributed by atoms with E-state index in [1.54, 1.807) is 0 Å². The number of amides is 1. The van der Waals surface area contributed by atoms with Gasteiger partial charge < -0.3 is 4.90 Å². The van der Waals surface area contributed by atoms with Gasteiger partial charge in [-0.3, -0.25) is 4.79 Å². The summed E-state index contributed by atoms with van der Waals surface area (Å²) in [5.41, 5.74) is 0. The van der Waals surface area contributed by atoms with Crippen molar-refractivity contribution < 1.29 is 4.79 Å². The molecule has 2 aliphatic carbocycles. The second kappa shape index (κ2) is 6.72. The maximum Gasteiger partial charge on any atom is 0.222 e. The van der Waals surface area contributed by atoms with Crippen LogP contribution in [0.15, 0.2) is 0 Å². The molecule has 3 aliphatic rings. The van der Waals surface area contributed by atoms with Gasteiger partial charge in [0.2, 0.25) is 5.91 Å². The Kier molecular flexibility index (Phi) is 4.95. The van der Waals surface area contributed by atoms with E-state index in [1.165, 1.54) is 50.7 Å². The van der Waals surface area contributed by atoms with Gasteiger partial charge in [0, 0.05) is 24.8 Å². The number of nitrogens with zero attached hydrogens (tertiary/aromatic N) is 1. The SMILES string of the molecule is CCS[C@@H]1CCCCN(C(=O)C[C@@H]2C[C@H]3CC[C@H]2C3)C1. The highest BCUT2D eigenvalue weighted by Gasteiger charge is 2.40. The summed E-state index contributed by atoms with van der Waals surface area (Å²) in [5, 5.41) is 0.687. The fourth-order valence-corrected chi connectivity index (χ4v) is 5.77. The molecule has 0 N–H and O–H groups in total. The second-order valence-corrected chi connectivity index (χ2v) is 8.63. The highest BCUT2D eigenvalue weighted by molar-refractivity contribution is 7.99. The van der Waals surface area contributed by atoms with E-state index in [9.17, 15) is 4.79 Å². The molecule has 0 aromatic heterocycles. The topological polar surface area (TPSA) is 20.3 Å². The molecule has 2 nitrogen and oxygen atoms in total. The molecule has 3 fully saturated rings. The lowest BCUT2D eigenvalue weighted by Crippen LogP contribution is -2.37. The van der Waals surface area contributed by atoms with Crippen LogP contribution in [0.3, 0.4) is 0 Å². The Morgan fingerprint density at radius 1 is 1.20 bits per heavy atom. The van der Waals surface area contributed by atoms with Gasteiger partial charge >= 0.3 is 0 Å². The van der Waals surface area contributed by atoms with E-state index in [0.29, 0.717) is 11.2 Å². The largest absolute Gasteiger partial charge is 0.342 e. The summed E-state index contributed by atoms with van der Waals surface area (Å²) >= 11 is 2.05. The third-order valence-corrected chi connectivity index (χ3v) is 6.89. The first-order valence-electron chi connectivity index (χ1n) is 8.65. The lowest BCUT2D eigenvalue weighted by atomic mass is 9.86. The summed E-state index contributed by atoms with van der Waals surface area (Å²) in [6.45, 7) is 4.26. The average Bonchev–Trinajstić information content (AvgIpc) is 2.96. The van der Waals surface area contributed by atoms with Crippen LogP contribution >= 0.6 is 11.8 Å². The zero-order valence-corrected chi connectivity index (χ0v) is 13.7. The van der Waals surface area contributed by atoms with E-state index in [-0.39, 0.29) is 0 Å². The molecule has 1 saturated heterocycles. The zero-order valence-electron chi connectivity index (χ0n) is 12.9. The van der Waals surface area contributed by atoms with Gasteiger partial charge in [-0.05, 0) is 55.6 Å². The monoisotopic (exact) mass is 295 g/mol. The molecular formula is C17H29NOS. The number of carbonyl (C=O) groups excluding carboxylic acids is 1. The van der Waals surface area contributed by atoms with Gasteiger partial charge in [-0.15, -0.1) is 0 Å². The molecule has 4 atom stereocenters. The molecule has 2 saturated carbocycles. The summed E-state index contributed by atoms with van der Waals surface area (Å²) in [5.74, 6) is 4.22. The summed E-state index contributed by atoms with van der Waals surface area (Å²) in [6, 6.07) is 0. The van der Waals surface area contributed by atoms with Crippen LogP contribution in [-0.4, -0.2) is 34.9 Å². The molecule has 20 heavy (non-hydrogen) atoms. The lowest BCUT2D eigenvalue weighted by molar-refractivity contribution is -0.132. The number of likely N-dealkylation sites (tertiary alicyclic amines) is 1. The van der Waals surface area contributed by atoms with E-state index in [1.807, 2.05) is 11.8 Å². The van der Waals surface area contributed by atoms with Crippen LogP contribution in [0.1, 0.15) is 58.3 Å². The number of rotatable bonds is 4. The Balaban J connectivity index is 1.52. The fourth-order valence-electron chi connectivity index (χ4n) is 4.68. The quantitative estimate of drug-likeness (QED) is 0.783. The molecule has 0 spiro atoms. The molecule has 1 aliphatic heterocycles. The number of hydrogen-bond acceptors (Lipinski definition) is 2. The molecule has 1 amide bonds. The molecule has 0 aromatic carbocycles. The minimum absolute atomic E-state index is 0.464. The minimum Gasteiger partial charge on any atom is -0.342 e. The minimum atomic E-state index is 0.464. The van der Waals surface area contributed by atoms with Crippen molar-refractivity contribution in [3.05, 3.63) is 0 Å². The van der Waals surface area contributed by atoms with E-state index < -0.39 is 0 Å². The molecule has 3 heteroatoms. The Morgan fingerprint density at radius 3 is 2.80 bits per heavy atom. The lowest BCUT2D eigenvalue weighted by Gasteiger charge is -2.28. The Hall–Kier alpha value is -0.180. The van der Waals surface area contributed by atoms with Crippen molar-refractivity contribution in [2.45, 2.75) is 63.5 Å². The molecule has 2 bridgehead atoms. The van der Waals surface area contributed by atoms with Crippen molar-refractivity contribution in [3.8, 4) is 0 Å². The van der Waals surface area contributed by atoms with Crippen LogP contribution in [0.4, 0.5) is 0 Å². The standard InChI is InChI=1S/C17H29NOS/c1-2-20-16-5-3-4-8-18(12-16)17(19)11-15-10-13-6-7-14(15)9-13/h13-16H,2-12H2,1H3/t13-,14-,15-,16+/m0/s1. The smallest absolute Gasteiger partial charge is 0.222 e. The molecule has 114 valence electrons. The first-order chi connectivity index (χ1) is 9.76. The number of hydrogen-bond donors (Lipinski definition) is 0. The first-order valence-corrected chi connectivity index (χ1v) is 9.70. The predicted octanol–water partition coefficient (Wildman–Crippen LogP) is 3.95. The molecule has 1 heterocycles. The van der Waals surface area contributed by atoms with Gasteiger partial charge in [-0.1, -0.05) is 19.8 Å². The molecule has 0 radical (unpaired) electrons. The van der Waals surface area contributed by atoms with Crippen LogP contribution in [0.5, 0.6) is 0 Å². The van der Waals surface area contributed by atoms with Gasteiger partial charge in [0.05, 0.1) is 0 Å². The Morgan fingerprint density at radius 2 is 2.10 bits per heavy atom. The number of fused-ring (bicyclic) bond motifs is 2. The second-order valence-electron chi connectivity index (χ2n) is 7.05. The van der Waals surface area contributed by atoms with E-state index in [2.05, 4.69) is 11.8 Å². The van der Waals surface area contributed by atoms with E-state index in [4.69, 9.17) is 0 Å². The summed E-state index contributed by atoms with van der Waals surface area (Å²) in [4.78, 5) is 14.9. The van der Waals surface area contributed by atoms with E-state index in [0.717, 1.165) is 37.3 Å². The predicted molar refractivity (Wildman–Crippen MR) is 85.9 cm³/mol. The van der Waals surface area contributed by atoms with Crippen molar-refractivity contribution in [1.29, 1.82) is 0 Å². The summed E-state index contributed by atoms with van der Waals surface area (Å²) in [6.07, 6.45) is 10.3. The van der Waals surface area contributed by atoms with Crippen LogP contribution in [0.25, 0.3) is 0 Å². The molecule has 3 rings (SSSR count). The van der Waals surface area contributed by atoms with Crippen molar-refractivity contribution >= 4 is 17.7 Å². The van der Waals surface area contributed by atoms with Gasteiger partial charge in [0.25, 0.3) is 0 Å². The van der Waals surface area contributed by atoms with Gasteiger partial charge in [0.1, 0.15) is 0 Å². The van der Waals surface area contributed by atoms with Crippen LogP contribution in [0, 0.1) is 17.8 Å². The van der Waals surface area contributed by atoms with Crippen molar-refractivity contribution in [2.75, 3.05) is 18.8 Å². The Labute approximate surface area is 128 Å². The maximum atomic E-state index is 12.6. The van der Waals surface area contributed by atoms with Gasteiger partial charge in [0.15, 0.2) is 0 Å². The van der Waals surface area contributed by atoms with Crippen molar-refractivity contribution in [3.63, 3.8) is 0 Å². The Bertz CT molecular complexity index is 346. The summed E-state index contributed by atoms with van der Waals surface area (Å²) in [7, 11) is 0. The van der Waals surface area contributed by atoms with E-state index >= 15 is 0 Å². The molecule has 0 unspecified atom stereocenters. The van der Waals surface area contributed by atoms with Crippen molar-refractivity contribution in [2.24, 2.45) is 17.8 Å². The highest BCUT2D eigenvalue weighted by atomic mass is 32.2. The maximum absolute atomic E-state index is 12.6. The zero-order chi connectivity index (χ0) is 13.9. The van der Waals surface area contributed by atoms with Gasteiger partial charge in [-0.2, -0.15) is 11.8 Å². The highest BCUT2D eigenvalue weighted by Crippen LogP contribution is 2.49. The fraction of sp³-hybridized carbons (Fsp3) is 0.941. The molecule has 0 aromatic rings. The molecular weight excluding hydrogens is 266 g/mol. The normalized spacial score (nSPS) is 37.1. The van der Waals surface area contributed by atoms with Crippen molar-refractivity contribution in [1.82, 2.24) is 4.90 Å². The van der Waals surface area contributed by atoms with Crippen LogP contribution in [-0.2, 0) is 4.79 Å². The third-order valence-electron chi connectivity index (χ3n) is 5.70.